The topological polar surface area (TPSA) is 52.7 Å². The highest BCUT2D eigenvalue weighted by atomic mass is 16.1. The summed E-state index contributed by atoms with van der Waals surface area (Å²) in [5.41, 5.74) is 4.56. The van der Waals surface area contributed by atoms with E-state index in [1.807, 2.05) is 27.7 Å². The van der Waals surface area contributed by atoms with Crippen molar-refractivity contribution in [2.75, 3.05) is 0 Å². The van der Waals surface area contributed by atoms with E-state index >= 15 is 0 Å². The Bertz CT molecular complexity index is 973. The van der Waals surface area contributed by atoms with Gasteiger partial charge >= 0.3 is 0 Å². The first kappa shape index (κ1) is 16.4. The van der Waals surface area contributed by atoms with Crippen LogP contribution >= 0.6 is 0 Å². The number of aromatic nitrogens is 4. The second-order valence-corrected chi connectivity index (χ2v) is 7.47. The fourth-order valence-electron chi connectivity index (χ4n) is 2.97. The highest BCUT2D eigenvalue weighted by molar-refractivity contribution is 5.79. The first-order valence-electron chi connectivity index (χ1n) is 8.20. The van der Waals surface area contributed by atoms with Crippen LogP contribution in [0.2, 0.25) is 0 Å². The number of fused-ring (bicyclic) bond motifs is 1. The third kappa shape index (κ3) is 2.75. The lowest BCUT2D eigenvalue weighted by Gasteiger charge is -2.20. The second kappa shape index (κ2) is 5.58. The molecule has 1 aromatic carbocycles. The van der Waals surface area contributed by atoms with Gasteiger partial charge in [-0.2, -0.15) is 10.2 Å². The molecular formula is C19H24N4O. The lowest BCUT2D eigenvalue weighted by molar-refractivity contribution is 0.366. The summed E-state index contributed by atoms with van der Waals surface area (Å²) in [5, 5.41) is 9.77. The molecule has 0 unspecified atom stereocenters. The molecule has 0 fully saturated rings. The molecule has 2 heterocycles. The van der Waals surface area contributed by atoms with Crippen molar-refractivity contribution in [3.05, 3.63) is 57.1 Å². The maximum Gasteiger partial charge on any atom is 0.293 e. The Balaban J connectivity index is 2.21. The van der Waals surface area contributed by atoms with Crippen LogP contribution in [0.1, 0.15) is 43.2 Å². The molecular weight excluding hydrogens is 300 g/mol. The average molecular weight is 324 g/mol. The van der Waals surface area contributed by atoms with Crippen LogP contribution in [0.4, 0.5) is 0 Å². The summed E-state index contributed by atoms with van der Waals surface area (Å²) in [6.07, 6.45) is 1.74. The van der Waals surface area contributed by atoms with Crippen LogP contribution in [0.3, 0.4) is 0 Å². The van der Waals surface area contributed by atoms with Crippen molar-refractivity contribution in [3.8, 4) is 0 Å². The molecule has 0 saturated heterocycles. The lowest BCUT2D eigenvalue weighted by atomic mass is 10.1. The van der Waals surface area contributed by atoms with Gasteiger partial charge in [0.15, 0.2) is 0 Å². The average Bonchev–Trinajstić information content (AvgIpc) is 2.94. The third-order valence-electron chi connectivity index (χ3n) is 4.33. The monoisotopic (exact) mass is 324 g/mol. The molecule has 2 aromatic heterocycles. The zero-order chi connectivity index (χ0) is 17.6. The van der Waals surface area contributed by atoms with Crippen LogP contribution in [0.15, 0.2) is 29.2 Å². The number of hydrogen-bond acceptors (Lipinski definition) is 3. The normalized spacial score (nSPS) is 12.1. The second-order valence-electron chi connectivity index (χ2n) is 7.47. The van der Waals surface area contributed by atoms with Gasteiger partial charge in [0.2, 0.25) is 0 Å². The molecule has 0 aliphatic carbocycles. The molecule has 24 heavy (non-hydrogen) atoms. The molecule has 0 spiro atoms. The summed E-state index contributed by atoms with van der Waals surface area (Å²) >= 11 is 0. The molecule has 0 N–H and O–H groups in total. The predicted octanol–water partition coefficient (Wildman–Crippen LogP) is 3.32. The molecule has 3 rings (SSSR count). The zero-order valence-corrected chi connectivity index (χ0v) is 15.2. The van der Waals surface area contributed by atoms with Gasteiger partial charge in [-0.3, -0.25) is 9.48 Å². The Morgan fingerprint density at radius 2 is 1.83 bits per heavy atom. The van der Waals surface area contributed by atoms with Crippen molar-refractivity contribution < 1.29 is 0 Å². The first-order valence-corrected chi connectivity index (χ1v) is 8.20. The molecule has 5 nitrogen and oxygen atoms in total. The van der Waals surface area contributed by atoms with Crippen LogP contribution in [0.5, 0.6) is 0 Å². The maximum absolute atomic E-state index is 13.0. The van der Waals surface area contributed by atoms with Gasteiger partial charge in [-0.1, -0.05) is 23.8 Å². The summed E-state index contributed by atoms with van der Waals surface area (Å²) in [7, 11) is 0. The molecule has 0 atom stereocenters. The zero-order valence-electron chi connectivity index (χ0n) is 15.2. The molecule has 0 bridgehead atoms. The number of benzene rings is 1. The summed E-state index contributed by atoms with van der Waals surface area (Å²) in [5.74, 6) is 0. The molecule has 3 aromatic rings. The van der Waals surface area contributed by atoms with Crippen LogP contribution in [-0.2, 0) is 12.1 Å². The molecule has 126 valence electrons. The van der Waals surface area contributed by atoms with Crippen molar-refractivity contribution in [3.63, 3.8) is 0 Å². The van der Waals surface area contributed by atoms with Gasteiger partial charge in [-0.05, 0) is 52.7 Å². The van der Waals surface area contributed by atoms with Crippen molar-refractivity contribution in [1.29, 1.82) is 0 Å². The van der Waals surface area contributed by atoms with E-state index in [0.29, 0.717) is 12.1 Å². The Morgan fingerprint density at radius 3 is 2.50 bits per heavy atom. The van der Waals surface area contributed by atoms with Gasteiger partial charge in [-0.15, -0.1) is 0 Å². The van der Waals surface area contributed by atoms with Gasteiger partial charge in [0, 0.05) is 5.39 Å². The van der Waals surface area contributed by atoms with Gasteiger partial charge in [-0.25, -0.2) is 4.68 Å². The third-order valence-corrected chi connectivity index (χ3v) is 4.33. The van der Waals surface area contributed by atoms with Crippen LogP contribution in [-0.4, -0.2) is 19.6 Å². The minimum atomic E-state index is -0.258. The van der Waals surface area contributed by atoms with E-state index in [1.54, 1.807) is 15.6 Å². The van der Waals surface area contributed by atoms with E-state index in [1.165, 1.54) is 5.56 Å². The minimum absolute atomic E-state index is 0.0936. The van der Waals surface area contributed by atoms with Crippen molar-refractivity contribution >= 4 is 10.9 Å². The standard InChI is InChI=1S/C19H24N4O/c1-12-7-8-13(2)15(9-12)11-22-18(24)17-16(14(3)21-22)10-20-23(17)19(4,5)6/h7-10H,11H2,1-6H3. The highest BCUT2D eigenvalue weighted by Crippen LogP contribution is 2.21. The summed E-state index contributed by atoms with van der Waals surface area (Å²) in [6.45, 7) is 12.7. The van der Waals surface area contributed by atoms with Gasteiger partial charge < -0.3 is 0 Å². The Kier molecular flexibility index (Phi) is 3.82. The van der Waals surface area contributed by atoms with Gasteiger partial charge in [0.25, 0.3) is 5.56 Å². The van der Waals surface area contributed by atoms with Gasteiger partial charge in [0.1, 0.15) is 5.52 Å². The molecule has 0 aliphatic heterocycles. The van der Waals surface area contributed by atoms with E-state index in [0.717, 1.165) is 22.2 Å². The van der Waals surface area contributed by atoms with Crippen LogP contribution < -0.4 is 5.56 Å². The van der Waals surface area contributed by atoms with Gasteiger partial charge in [0.05, 0.1) is 24.0 Å². The highest BCUT2D eigenvalue weighted by Gasteiger charge is 2.21. The molecule has 0 aliphatic rings. The summed E-state index contributed by atoms with van der Waals surface area (Å²) < 4.78 is 3.36. The minimum Gasteiger partial charge on any atom is -0.265 e. The van der Waals surface area contributed by atoms with Crippen molar-refractivity contribution in [2.45, 2.75) is 53.6 Å². The predicted molar refractivity (Wildman–Crippen MR) is 96.5 cm³/mol. The maximum atomic E-state index is 13.0. The van der Waals surface area contributed by atoms with E-state index < -0.39 is 0 Å². The van der Waals surface area contributed by atoms with Crippen molar-refractivity contribution in [2.24, 2.45) is 0 Å². The SMILES string of the molecule is Cc1ccc(C)c(Cn2nc(C)c3cnn(C(C)(C)C)c3c2=O)c1. The molecule has 5 heteroatoms. The molecule has 0 amide bonds. The smallest absolute Gasteiger partial charge is 0.265 e. The number of aryl methyl sites for hydroxylation is 3. The van der Waals surface area contributed by atoms with E-state index in [-0.39, 0.29) is 11.1 Å². The summed E-state index contributed by atoms with van der Waals surface area (Å²) in [6, 6.07) is 6.28. The quantitative estimate of drug-likeness (QED) is 0.726. The fraction of sp³-hybridized carbons (Fsp3) is 0.421. The first-order chi connectivity index (χ1) is 11.2. The van der Waals surface area contributed by atoms with Crippen molar-refractivity contribution in [1.82, 2.24) is 19.6 Å². The number of nitrogens with zero attached hydrogens (tertiary/aromatic N) is 4. The van der Waals surface area contributed by atoms with Crippen LogP contribution in [0.25, 0.3) is 10.9 Å². The number of rotatable bonds is 2. The largest absolute Gasteiger partial charge is 0.293 e. The number of hydrogen-bond donors (Lipinski definition) is 0. The lowest BCUT2D eigenvalue weighted by Crippen LogP contribution is -2.31. The Labute approximate surface area is 141 Å². The summed E-state index contributed by atoms with van der Waals surface area (Å²) in [4.78, 5) is 13.0. The molecule has 0 saturated carbocycles. The van der Waals surface area contributed by atoms with E-state index in [2.05, 4.69) is 42.2 Å². The van der Waals surface area contributed by atoms with Crippen LogP contribution in [0, 0.1) is 20.8 Å². The Morgan fingerprint density at radius 1 is 1.12 bits per heavy atom. The molecule has 0 radical (unpaired) electrons. The van der Waals surface area contributed by atoms with E-state index in [9.17, 15) is 4.79 Å². The Hall–Kier alpha value is -2.43. The van der Waals surface area contributed by atoms with E-state index in [4.69, 9.17) is 0 Å². The fourth-order valence-corrected chi connectivity index (χ4v) is 2.97.